The first kappa shape index (κ1) is 67.1. The third-order valence-electron chi connectivity index (χ3n) is 20.4. The summed E-state index contributed by atoms with van der Waals surface area (Å²) in [4.78, 5) is 62.4. The van der Waals surface area contributed by atoms with Gasteiger partial charge >= 0.3 is 0 Å². The third-order valence-corrected chi connectivity index (χ3v) is 20.4. The van der Waals surface area contributed by atoms with E-state index in [0.717, 1.165) is 110 Å². The van der Waals surface area contributed by atoms with Crippen molar-refractivity contribution < 1.29 is 0 Å². The molecular formula is C98H58N16. The Labute approximate surface area is 653 Å². The molecule has 20 aromatic rings. The van der Waals surface area contributed by atoms with Gasteiger partial charge < -0.3 is 9.13 Å². The van der Waals surface area contributed by atoms with Crippen molar-refractivity contribution in [1.82, 2.24) is 68.9 Å². The molecule has 6 heterocycles. The van der Waals surface area contributed by atoms with Crippen LogP contribution in [0.2, 0.25) is 0 Å². The molecule has 0 radical (unpaired) electrons. The number of hydrogen-bond donors (Lipinski definition) is 0. The molecule has 0 saturated carbocycles. The number of nitrogens with zero attached hydrogens (tertiary/aromatic N) is 16. The highest BCUT2D eigenvalue weighted by atomic mass is 15.1. The fourth-order valence-corrected chi connectivity index (χ4v) is 14.9. The van der Waals surface area contributed by atoms with E-state index in [1.54, 1.807) is 6.07 Å². The first-order valence-electron chi connectivity index (χ1n) is 37.1. The van der Waals surface area contributed by atoms with Crippen molar-refractivity contribution in [2.75, 3.05) is 0 Å². The average Bonchev–Trinajstić information content (AvgIpc) is 1.55. The minimum absolute atomic E-state index is 0.369. The van der Waals surface area contributed by atoms with Crippen LogP contribution in [0.3, 0.4) is 0 Å². The molecule has 0 aliphatic carbocycles. The first-order valence-corrected chi connectivity index (χ1v) is 37.1. The molecule has 0 spiro atoms. The summed E-state index contributed by atoms with van der Waals surface area (Å²) in [6, 6.07) is 121. The van der Waals surface area contributed by atoms with Crippen LogP contribution in [0.5, 0.6) is 0 Å². The number of nitriles is 2. The van der Waals surface area contributed by atoms with Crippen LogP contribution in [0.4, 0.5) is 0 Å². The summed E-state index contributed by atoms with van der Waals surface area (Å²) in [6.45, 7) is 0. The van der Waals surface area contributed by atoms with Gasteiger partial charge in [0, 0.05) is 93.9 Å². The topological polar surface area (TPSA) is 212 Å². The first-order chi connectivity index (χ1) is 56.4. The number of hydrogen-bond acceptors (Lipinski definition) is 14. The summed E-state index contributed by atoms with van der Waals surface area (Å²) in [5.41, 5.74) is 16.3. The van der Waals surface area contributed by atoms with Crippen molar-refractivity contribution in [3.05, 3.63) is 363 Å². The van der Waals surface area contributed by atoms with Gasteiger partial charge in [-0.3, -0.25) is 0 Å². The minimum atomic E-state index is 0.369. The van der Waals surface area contributed by atoms with Gasteiger partial charge in [0.15, 0.2) is 69.9 Å². The Hall–Kier alpha value is -16.3. The van der Waals surface area contributed by atoms with Crippen LogP contribution in [0, 0.1) is 22.7 Å². The molecule has 16 nitrogen and oxygen atoms in total. The second kappa shape index (κ2) is 28.7. The summed E-state index contributed by atoms with van der Waals surface area (Å²) in [5.74, 6) is 6.03. The predicted octanol–water partition coefficient (Wildman–Crippen LogP) is 22.0. The Morgan fingerprint density at radius 3 is 0.632 bits per heavy atom. The molecule has 530 valence electrons. The summed E-state index contributed by atoms with van der Waals surface area (Å²) in [5, 5.41) is 25.7. The zero-order valence-corrected chi connectivity index (χ0v) is 60.6. The highest BCUT2D eigenvalue weighted by molar-refractivity contribution is 6.14. The normalized spacial score (nSPS) is 11.3. The lowest BCUT2D eigenvalue weighted by Crippen LogP contribution is -2.06. The molecule has 0 aliphatic heterocycles. The smallest absolute Gasteiger partial charge is 0.164 e. The quantitative estimate of drug-likeness (QED) is 0.0934. The summed E-state index contributed by atoms with van der Waals surface area (Å²) in [7, 11) is 0. The van der Waals surface area contributed by atoms with Gasteiger partial charge in [-0.2, -0.15) is 10.5 Å². The summed E-state index contributed by atoms with van der Waals surface area (Å²) >= 11 is 0. The lowest BCUT2D eigenvalue weighted by molar-refractivity contribution is 1.07. The Bertz CT molecular complexity index is 6620. The van der Waals surface area contributed by atoms with E-state index in [9.17, 15) is 10.5 Å². The average molecular weight is 1460 g/mol. The second-order valence-electron chi connectivity index (χ2n) is 27.4. The van der Waals surface area contributed by atoms with Crippen LogP contribution < -0.4 is 0 Å². The summed E-state index contributed by atoms with van der Waals surface area (Å²) in [6.07, 6.45) is 0. The Kier molecular flexibility index (Phi) is 16.9. The van der Waals surface area contributed by atoms with E-state index in [1.807, 2.05) is 267 Å². The molecule has 0 atom stereocenters. The van der Waals surface area contributed by atoms with Crippen LogP contribution in [-0.2, 0) is 0 Å². The number of benzene rings is 14. The lowest BCUT2D eigenvalue weighted by Gasteiger charge is -2.20. The SMILES string of the molecule is N#Cc1cccc(-c2cc(-n3c4ccc(-c5nc(-c6ccccc6)nc(-c6ccccc6)n5)cc4c4cc(-c5nc(-c6ccccc6)nc(-c6ccccc6)n5)ccc43)c(-n3c4ccc(-c5nc(-c6ccccc6)nc(-c6ccccc6)n5)cc4c4cc(-c5nc(-c6ccccc6)nc(-c6ccccc6)n5)ccc43)cc2C#N)c1. The van der Waals surface area contributed by atoms with Crippen molar-refractivity contribution in [2.45, 2.75) is 0 Å². The number of rotatable bonds is 15. The van der Waals surface area contributed by atoms with Crippen molar-refractivity contribution >= 4 is 43.6 Å². The van der Waals surface area contributed by atoms with Gasteiger partial charge in [0.05, 0.1) is 56.7 Å². The predicted molar refractivity (Wildman–Crippen MR) is 449 cm³/mol. The molecule has 0 bridgehead atoms. The summed E-state index contributed by atoms with van der Waals surface area (Å²) < 4.78 is 4.51. The van der Waals surface area contributed by atoms with E-state index in [4.69, 9.17) is 59.8 Å². The highest BCUT2D eigenvalue weighted by Crippen LogP contribution is 2.45. The largest absolute Gasteiger partial charge is 0.307 e. The van der Waals surface area contributed by atoms with E-state index in [2.05, 4.69) is 100 Å². The maximum atomic E-state index is 11.8. The third kappa shape index (κ3) is 12.5. The molecule has 0 unspecified atom stereocenters. The van der Waals surface area contributed by atoms with Crippen LogP contribution in [0.1, 0.15) is 11.1 Å². The number of fused-ring (bicyclic) bond motifs is 6. The Morgan fingerprint density at radius 1 is 0.184 bits per heavy atom. The van der Waals surface area contributed by atoms with E-state index >= 15 is 0 Å². The fourth-order valence-electron chi connectivity index (χ4n) is 14.9. The molecule has 0 fully saturated rings. The zero-order valence-electron chi connectivity index (χ0n) is 60.6. The van der Waals surface area contributed by atoms with Crippen LogP contribution in [0.15, 0.2) is 352 Å². The van der Waals surface area contributed by atoms with Gasteiger partial charge in [-0.1, -0.05) is 255 Å². The lowest BCUT2D eigenvalue weighted by atomic mass is 9.96. The van der Waals surface area contributed by atoms with Crippen molar-refractivity contribution in [3.63, 3.8) is 0 Å². The molecule has 0 saturated heterocycles. The van der Waals surface area contributed by atoms with E-state index in [-0.39, 0.29) is 0 Å². The maximum Gasteiger partial charge on any atom is 0.164 e. The van der Waals surface area contributed by atoms with Gasteiger partial charge in [-0.05, 0) is 103 Å². The van der Waals surface area contributed by atoms with Gasteiger partial charge in [-0.25, -0.2) is 59.8 Å². The zero-order chi connectivity index (χ0) is 76.0. The molecule has 6 aromatic heterocycles. The monoisotopic (exact) mass is 1460 g/mol. The minimum Gasteiger partial charge on any atom is -0.307 e. The second-order valence-corrected chi connectivity index (χ2v) is 27.4. The highest BCUT2D eigenvalue weighted by Gasteiger charge is 2.27. The van der Waals surface area contributed by atoms with Crippen LogP contribution in [-0.4, -0.2) is 68.9 Å². The standard InChI is InChI=1S/C98H58N16/c99-59-61-26-25-43-70(52-61)76-58-86(114-83-50-46-73(97-109-91(66-35-17-5-18-36-66)103-92(110-97)67-37-19-6-20-38-67)55-79(83)80-56-74(47-51-84(80)114)98-111-93(68-39-21-7-22-40-68)104-94(112-98)69-41-23-8-24-42-69)85(57-75(76)60-100)113-81-48-44-71(95-105-87(62-27-9-1-10-28-62)101-88(106-95)63-29-11-2-12-30-63)53-77(81)78-54-72(45-49-82(78)113)96-107-89(64-31-13-3-14-32-64)102-90(108-96)65-33-15-4-16-34-65/h1-58H. The Morgan fingerprint density at radius 2 is 0.404 bits per heavy atom. The van der Waals surface area contributed by atoms with Gasteiger partial charge in [0.1, 0.15) is 0 Å². The van der Waals surface area contributed by atoms with Crippen LogP contribution >= 0.6 is 0 Å². The van der Waals surface area contributed by atoms with Crippen LogP contribution in [0.25, 0.3) is 203 Å². The fraction of sp³-hybridized carbons (Fsp3) is 0. The van der Waals surface area contributed by atoms with Crippen molar-refractivity contribution in [1.29, 1.82) is 10.5 Å². The van der Waals surface area contributed by atoms with Crippen molar-refractivity contribution in [2.24, 2.45) is 0 Å². The molecular weight excluding hydrogens is 1400 g/mol. The van der Waals surface area contributed by atoms with Gasteiger partial charge in [-0.15, -0.1) is 0 Å². The molecule has 0 aliphatic rings. The molecule has 0 N–H and O–H groups in total. The van der Waals surface area contributed by atoms with E-state index in [0.29, 0.717) is 104 Å². The maximum absolute atomic E-state index is 11.8. The van der Waals surface area contributed by atoms with E-state index in [1.165, 1.54) is 0 Å². The number of aromatic nitrogens is 14. The van der Waals surface area contributed by atoms with Crippen molar-refractivity contribution in [3.8, 4) is 171 Å². The molecule has 0 amide bonds. The molecule has 14 aromatic carbocycles. The molecule has 114 heavy (non-hydrogen) atoms. The molecule has 20 rings (SSSR count). The van der Waals surface area contributed by atoms with E-state index < -0.39 is 0 Å². The van der Waals surface area contributed by atoms with Gasteiger partial charge in [0.25, 0.3) is 0 Å². The Balaban J connectivity index is 0.875. The molecule has 16 heteroatoms. The van der Waals surface area contributed by atoms with Gasteiger partial charge in [0.2, 0.25) is 0 Å².